The molecule has 0 aromatic rings. The zero-order valence-corrected chi connectivity index (χ0v) is 10.0. The molecule has 1 saturated heterocycles. The SMILES string of the molecule is CC(C)(C)O[C@@H]1C[C@@H](C(=O)O)N(P)C1. The molecule has 14 heavy (non-hydrogen) atoms. The van der Waals surface area contributed by atoms with Crippen molar-refractivity contribution >= 4 is 15.4 Å². The zero-order chi connectivity index (χ0) is 10.9. The number of hydrogen-bond acceptors (Lipinski definition) is 3. The lowest BCUT2D eigenvalue weighted by Gasteiger charge is -2.24. The first kappa shape index (κ1) is 11.9. The van der Waals surface area contributed by atoms with Crippen molar-refractivity contribution in [3.05, 3.63) is 0 Å². The minimum Gasteiger partial charge on any atom is -0.480 e. The summed E-state index contributed by atoms with van der Waals surface area (Å²) in [6, 6.07) is -0.424. The van der Waals surface area contributed by atoms with E-state index in [4.69, 9.17) is 9.84 Å². The first-order chi connectivity index (χ1) is 6.29. The van der Waals surface area contributed by atoms with Crippen molar-refractivity contribution in [2.45, 2.75) is 44.9 Å². The van der Waals surface area contributed by atoms with Crippen LogP contribution in [0.25, 0.3) is 0 Å². The lowest BCUT2D eigenvalue weighted by Crippen LogP contribution is -2.28. The monoisotopic (exact) mass is 219 g/mol. The van der Waals surface area contributed by atoms with Crippen LogP contribution in [0.1, 0.15) is 27.2 Å². The van der Waals surface area contributed by atoms with E-state index in [1.807, 2.05) is 20.8 Å². The molecule has 0 amide bonds. The van der Waals surface area contributed by atoms with Crippen molar-refractivity contribution in [1.82, 2.24) is 4.67 Å². The average molecular weight is 219 g/mol. The van der Waals surface area contributed by atoms with Crippen LogP contribution in [0.2, 0.25) is 0 Å². The fourth-order valence-electron chi connectivity index (χ4n) is 1.65. The van der Waals surface area contributed by atoms with Crippen molar-refractivity contribution < 1.29 is 14.6 Å². The molecule has 0 saturated carbocycles. The van der Waals surface area contributed by atoms with Crippen molar-refractivity contribution in [3.8, 4) is 0 Å². The minimum absolute atomic E-state index is 0.0219. The molecule has 1 aliphatic heterocycles. The van der Waals surface area contributed by atoms with E-state index in [2.05, 4.69) is 9.39 Å². The fraction of sp³-hybridized carbons (Fsp3) is 0.889. The number of ether oxygens (including phenoxy) is 1. The molecule has 0 spiro atoms. The molecule has 5 heteroatoms. The predicted octanol–water partition coefficient (Wildman–Crippen LogP) is 1.12. The Morgan fingerprint density at radius 1 is 1.57 bits per heavy atom. The highest BCUT2D eigenvalue weighted by Crippen LogP contribution is 2.26. The van der Waals surface area contributed by atoms with Crippen LogP contribution >= 0.6 is 9.39 Å². The quantitative estimate of drug-likeness (QED) is 0.707. The van der Waals surface area contributed by atoms with E-state index >= 15 is 0 Å². The summed E-state index contributed by atoms with van der Waals surface area (Å²) in [5, 5.41) is 8.89. The van der Waals surface area contributed by atoms with Gasteiger partial charge in [-0.05, 0) is 20.8 Å². The molecule has 1 N–H and O–H groups in total. The Kier molecular flexibility index (Phi) is 3.51. The van der Waals surface area contributed by atoms with E-state index in [0.717, 1.165) is 0 Å². The van der Waals surface area contributed by atoms with Crippen molar-refractivity contribution in [2.24, 2.45) is 0 Å². The minimum atomic E-state index is -0.778. The molecule has 4 nitrogen and oxygen atoms in total. The van der Waals surface area contributed by atoms with E-state index in [9.17, 15) is 4.79 Å². The van der Waals surface area contributed by atoms with Gasteiger partial charge in [-0.25, -0.2) is 0 Å². The molecule has 82 valence electrons. The van der Waals surface area contributed by atoms with E-state index in [-0.39, 0.29) is 11.7 Å². The molecule has 1 fully saturated rings. The highest BCUT2D eigenvalue weighted by atomic mass is 31.0. The number of hydrogen-bond donors (Lipinski definition) is 1. The van der Waals surface area contributed by atoms with Crippen LogP contribution in [0.3, 0.4) is 0 Å². The molecule has 1 aliphatic rings. The molecule has 1 unspecified atom stereocenters. The summed E-state index contributed by atoms with van der Waals surface area (Å²) < 4.78 is 7.48. The van der Waals surface area contributed by atoms with Crippen molar-refractivity contribution in [1.29, 1.82) is 0 Å². The molecular formula is C9H18NO3P. The summed E-state index contributed by atoms with van der Waals surface area (Å²) >= 11 is 0. The molecule has 0 aromatic heterocycles. The summed E-state index contributed by atoms with van der Waals surface area (Å²) in [5.41, 5.74) is -0.205. The van der Waals surface area contributed by atoms with Gasteiger partial charge in [-0.2, -0.15) is 0 Å². The van der Waals surface area contributed by atoms with Crippen LogP contribution in [0.15, 0.2) is 0 Å². The van der Waals surface area contributed by atoms with Crippen LogP contribution in [-0.2, 0) is 9.53 Å². The topological polar surface area (TPSA) is 49.8 Å². The largest absolute Gasteiger partial charge is 0.480 e. The maximum atomic E-state index is 10.8. The molecule has 1 heterocycles. The third-order valence-electron chi connectivity index (χ3n) is 2.11. The van der Waals surface area contributed by atoms with E-state index in [1.54, 1.807) is 4.67 Å². The standard InChI is InChI=1S/C9H18NO3P/c1-9(2,3)13-6-4-7(8(11)12)10(14)5-6/h6-7H,4-5,14H2,1-3H3,(H,11,12)/t6-,7+/m1/s1. The number of nitrogens with zero attached hydrogens (tertiary/aromatic N) is 1. The second-order valence-corrected chi connectivity index (χ2v) is 5.30. The summed E-state index contributed by atoms with van der Waals surface area (Å²) in [6.07, 6.45) is 0.587. The Bertz CT molecular complexity index is 227. The first-order valence-corrected chi connectivity index (χ1v) is 5.23. The normalized spacial score (nSPS) is 29.4. The molecular weight excluding hydrogens is 201 g/mol. The van der Waals surface area contributed by atoms with Gasteiger partial charge in [0.15, 0.2) is 0 Å². The molecule has 0 radical (unpaired) electrons. The third kappa shape index (κ3) is 3.19. The van der Waals surface area contributed by atoms with Crippen molar-refractivity contribution in [2.75, 3.05) is 6.54 Å². The molecule has 0 aliphatic carbocycles. The first-order valence-electron chi connectivity index (χ1n) is 4.71. The maximum Gasteiger partial charge on any atom is 0.321 e. The van der Waals surface area contributed by atoms with Crippen LogP contribution in [0.5, 0.6) is 0 Å². The van der Waals surface area contributed by atoms with Gasteiger partial charge in [-0.1, -0.05) is 9.39 Å². The smallest absolute Gasteiger partial charge is 0.321 e. The number of carboxylic acids is 1. The molecule has 0 aromatic carbocycles. The summed E-state index contributed by atoms with van der Waals surface area (Å²) in [5.74, 6) is -0.778. The van der Waals surface area contributed by atoms with Crippen LogP contribution in [0.4, 0.5) is 0 Å². The lowest BCUT2D eigenvalue weighted by atomic mass is 10.1. The Hall–Kier alpha value is -0.180. The van der Waals surface area contributed by atoms with Gasteiger partial charge >= 0.3 is 5.97 Å². The van der Waals surface area contributed by atoms with E-state index in [0.29, 0.717) is 13.0 Å². The number of carboxylic acid groups (broad SMARTS) is 1. The molecule has 1 rings (SSSR count). The van der Waals surface area contributed by atoms with Crippen LogP contribution < -0.4 is 0 Å². The molecule has 3 atom stereocenters. The fourth-order valence-corrected chi connectivity index (χ4v) is 2.13. The van der Waals surface area contributed by atoms with Gasteiger partial charge in [0.25, 0.3) is 0 Å². The van der Waals surface area contributed by atoms with Crippen molar-refractivity contribution in [3.63, 3.8) is 0 Å². The third-order valence-corrected chi connectivity index (χ3v) is 2.68. The van der Waals surface area contributed by atoms with Crippen LogP contribution in [-0.4, -0.2) is 40.0 Å². The Morgan fingerprint density at radius 3 is 2.50 bits per heavy atom. The number of rotatable bonds is 2. The highest BCUT2D eigenvalue weighted by Gasteiger charge is 2.36. The average Bonchev–Trinajstić information content (AvgIpc) is 2.26. The Balaban J connectivity index is 2.51. The zero-order valence-electron chi connectivity index (χ0n) is 8.86. The van der Waals surface area contributed by atoms with Gasteiger partial charge in [0.2, 0.25) is 0 Å². The summed E-state index contributed by atoms with van der Waals surface area (Å²) in [6.45, 7) is 6.61. The van der Waals surface area contributed by atoms with Gasteiger partial charge in [-0.15, -0.1) is 0 Å². The number of carbonyl (C=O) groups is 1. The second-order valence-electron chi connectivity index (χ2n) is 4.64. The highest BCUT2D eigenvalue weighted by molar-refractivity contribution is 7.13. The van der Waals surface area contributed by atoms with Crippen LogP contribution in [0, 0.1) is 0 Å². The lowest BCUT2D eigenvalue weighted by molar-refractivity contribution is -0.140. The van der Waals surface area contributed by atoms with E-state index in [1.165, 1.54) is 0 Å². The summed E-state index contributed by atoms with van der Waals surface area (Å²) in [7, 11) is 2.45. The van der Waals surface area contributed by atoms with Gasteiger partial charge in [0.1, 0.15) is 6.04 Å². The van der Waals surface area contributed by atoms with Gasteiger partial charge in [0.05, 0.1) is 11.7 Å². The Morgan fingerprint density at radius 2 is 2.14 bits per heavy atom. The predicted molar refractivity (Wildman–Crippen MR) is 57.1 cm³/mol. The Labute approximate surface area is 86.9 Å². The number of aliphatic carboxylic acids is 1. The van der Waals surface area contributed by atoms with Gasteiger partial charge < -0.3 is 9.84 Å². The van der Waals surface area contributed by atoms with E-state index < -0.39 is 12.0 Å². The van der Waals surface area contributed by atoms with Gasteiger partial charge in [0, 0.05) is 13.0 Å². The summed E-state index contributed by atoms with van der Waals surface area (Å²) in [4.78, 5) is 10.8. The molecule has 0 bridgehead atoms. The second kappa shape index (κ2) is 4.13. The maximum absolute atomic E-state index is 10.8. The van der Waals surface area contributed by atoms with Gasteiger partial charge in [-0.3, -0.25) is 9.46 Å².